The summed E-state index contributed by atoms with van der Waals surface area (Å²) in [5.41, 5.74) is 2.26. The van der Waals surface area contributed by atoms with Gasteiger partial charge in [-0.05, 0) is 41.2 Å². The van der Waals surface area contributed by atoms with Crippen LogP contribution in [0.15, 0.2) is 64.9 Å². The second kappa shape index (κ2) is 11.5. The van der Waals surface area contributed by atoms with E-state index in [0.717, 1.165) is 50.5 Å². The molecule has 3 rings (SSSR count). The van der Waals surface area contributed by atoms with Crippen LogP contribution in [0.5, 0.6) is 0 Å². The first-order chi connectivity index (χ1) is 14.9. The molecule has 0 saturated carbocycles. The second-order valence-electron chi connectivity index (χ2n) is 7.76. The van der Waals surface area contributed by atoms with Crippen molar-refractivity contribution in [3.8, 4) is 0 Å². The maximum atomic E-state index is 12.6. The average molecular weight is 459 g/mol. The van der Waals surface area contributed by atoms with E-state index in [1.807, 2.05) is 35.2 Å². The summed E-state index contributed by atoms with van der Waals surface area (Å²) in [5, 5.41) is 2.06. The second-order valence-corrected chi connectivity index (χ2v) is 10.8. The Labute approximate surface area is 190 Å². The third-order valence-electron chi connectivity index (χ3n) is 5.29. The summed E-state index contributed by atoms with van der Waals surface area (Å²) >= 11 is 1.67. The van der Waals surface area contributed by atoms with Crippen molar-refractivity contribution in [2.24, 2.45) is 0 Å². The minimum Gasteiger partial charge on any atom is -0.341 e. The first-order valence-electron chi connectivity index (χ1n) is 10.5. The highest BCUT2D eigenvalue weighted by molar-refractivity contribution is 8.02. The Morgan fingerprint density at radius 2 is 1.74 bits per heavy atom. The normalized spacial score (nSPS) is 15.8. The van der Waals surface area contributed by atoms with Gasteiger partial charge in [0.05, 0.1) is 4.90 Å². The monoisotopic (exact) mass is 458 g/mol. The zero-order chi connectivity index (χ0) is 22.1. The lowest BCUT2D eigenvalue weighted by Crippen LogP contribution is -2.35. The van der Waals surface area contributed by atoms with Crippen molar-refractivity contribution < 1.29 is 13.2 Å². The van der Waals surface area contributed by atoms with Gasteiger partial charge in [-0.15, -0.1) is 11.8 Å². The maximum absolute atomic E-state index is 12.6. The van der Waals surface area contributed by atoms with Gasteiger partial charge >= 0.3 is 0 Å². The van der Waals surface area contributed by atoms with E-state index in [-0.39, 0.29) is 5.91 Å². The Morgan fingerprint density at radius 1 is 1.00 bits per heavy atom. The van der Waals surface area contributed by atoms with Crippen molar-refractivity contribution in [1.29, 1.82) is 0 Å². The van der Waals surface area contributed by atoms with Crippen LogP contribution in [0.4, 0.5) is 0 Å². The van der Waals surface area contributed by atoms with Crippen LogP contribution in [0.1, 0.15) is 24.0 Å². The molecular formula is C24H30N2O3S2. The van der Waals surface area contributed by atoms with Crippen LogP contribution in [0.2, 0.25) is 0 Å². The summed E-state index contributed by atoms with van der Waals surface area (Å²) in [4.78, 5) is 17.3. The highest BCUT2D eigenvalue weighted by atomic mass is 32.2. The number of benzene rings is 2. The fourth-order valence-corrected chi connectivity index (χ4v) is 4.85. The molecule has 1 fully saturated rings. The maximum Gasteiger partial charge on any atom is 0.223 e. The number of carbonyl (C=O) groups is 1. The molecule has 0 aromatic heterocycles. The number of amides is 1. The summed E-state index contributed by atoms with van der Waals surface area (Å²) in [6.07, 6.45) is 4.80. The molecule has 0 spiro atoms. The third kappa shape index (κ3) is 7.83. The Balaban J connectivity index is 1.40. The van der Waals surface area contributed by atoms with Gasteiger partial charge in [0, 0.05) is 51.2 Å². The summed E-state index contributed by atoms with van der Waals surface area (Å²) in [6, 6.07) is 17.2. The zero-order valence-electron chi connectivity index (χ0n) is 17.9. The number of thioether (sulfide) groups is 1. The number of rotatable bonds is 8. The van der Waals surface area contributed by atoms with Crippen molar-refractivity contribution in [3.63, 3.8) is 0 Å². The fourth-order valence-electron chi connectivity index (χ4n) is 3.54. The molecule has 1 saturated heterocycles. The van der Waals surface area contributed by atoms with Crippen LogP contribution in [-0.4, -0.2) is 62.3 Å². The van der Waals surface area contributed by atoms with Gasteiger partial charge in [0.25, 0.3) is 0 Å². The first kappa shape index (κ1) is 23.6. The molecule has 0 bridgehead atoms. The number of hydrogen-bond donors (Lipinski definition) is 0. The molecule has 1 heterocycles. The lowest BCUT2D eigenvalue weighted by molar-refractivity contribution is -0.130. The van der Waals surface area contributed by atoms with Crippen LogP contribution < -0.4 is 0 Å². The van der Waals surface area contributed by atoms with E-state index in [1.54, 1.807) is 23.9 Å². The van der Waals surface area contributed by atoms with E-state index < -0.39 is 9.84 Å². The van der Waals surface area contributed by atoms with Gasteiger partial charge in [0.15, 0.2) is 9.84 Å². The SMILES string of the molecule is CS(=O)(=O)c1ccc(CN2CCCN(C(=O)CCSC=Cc3ccccc3)CC2)cc1. The number of hydrogen-bond acceptors (Lipinski definition) is 5. The predicted molar refractivity (Wildman–Crippen MR) is 129 cm³/mol. The topological polar surface area (TPSA) is 57.7 Å². The minimum atomic E-state index is -3.16. The van der Waals surface area contributed by atoms with Crippen LogP contribution in [0.25, 0.3) is 6.08 Å². The van der Waals surface area contributed by atoms with Crippen molar-refractivity contribution in [1.82, 2.24) is 9.80 Å². The molecule has 5 nitrogen and oxygen atoms in total. The van der Waals surface area contributed by atoms with E-state index >= 15 is 0 Å². The average Bonchev–Trinajstić information content (AvgIpc) is 2.99. The highest BCUT2D eigenvalue weighted by Gasteiger charge is 2.19. The summed E-state index contributed by atoms with van der Waals surface area (Å²) in [7, 11) is -3.16. The summed E-state index contributed by atoms with van der Waals surface area (Å²) < 4.78 is 23.2. The first-order valence-corrected chi connectivity index (χ1v) is 13.5. The molecule has 1 aliphatic heterocycles. The third-order valence-corrected chi connectivity index (χ3v) is 7.19. The smallest absolute Gasteiger partial charge is 0.223 e. The Hall–Kier alpha value is -2.09. The van der Waals surface area contributed by atoms with E-state index in [4.69, 9.17) is 0 Å². The Morgan fingerprint density at radius 3 is 2.45 bits per heavy atom. The lowest BCUT2D eigenvalue weighted by atomic mass is 10.2. The summed E-state index contributed by atoms with van der Waals surface area (Å²) in [6.45, 7) is 4.08. The molecule has 0 aliphatic carbocycles. The van der Waals surface area contributed by atoms with Crippen molar-refractivity contribution in [2.45, 2.75) is 24.3 Å². The molecule has 0 unspecified atom stereocenters. The molecule has 0 N–H and O–H groups in total. The minimum absolute atomic E-state index is 0.222. The number of nitrogens with zero attached hydrogens (tertiary/aromatic N) is 2. The quantitative estimate of drug-likeness (QED) is 0.561. The van der Waals surface area contributed by atoms with Crippen molar-refractivity contribution >= 4 is 33.6 Å². The van der Waals surface area contributed by atoms with Gasteiger partial charge in [-0.3, -0.25) is 9.69 Å². The largest absolute Gasteiger partial charge is 0.341 e. The van der Waals surface area contributed by atoms with E-state index in [9.17, 15) is 13.2 Å². The molecule has 7 heteroatoms. The van der Waals surface area contributed by atoms with Gasteiger partial charge in [-0.2, -0.15) is 0 Å². The molecular weight excluding hydrogens is 428 g/mol. The van der Waals surface area contributed by atoms with Crippen molar-refractivity contribution in [2.75, 3.05) is 38.2 Å². The Bertz CT molecular complexity index is 974. The van der Waals surface area contributed by atoms with Crippen LogP contribution in [0, 0.1) is 0 Å². The number of sulfone groups is 1. The molecule has 0 radical (unpaired) electrons. The van der Waals surface area contributed by atoms with Gasteiger partial charge in [-0.25, -0.2) is 8.42 Å². The van der Waals surface area contributed by atoms with E-state index in [2.05, 4.69) is 28.5 Å². The van der Waals surface area contributed by atoms with Crippen LogP contribution >= 0.6 is 11.8 Å². The Kier molecular flexibility index (Phi) is 8.75. The standard InChI is InChI=1S/C24H30N2O3S2/c1-31(28,29)23-10-8-22(9-11-23)20-25-14-5-15-26(17-16-25)24(27)13-19-30-18-12-21-6-3-2-4-7-21/h2-4,6-12,18H,5,13-17,19-20H2,1H3. The summed E-state index contributed by atoms with van der Waals surface area (Å²) in [5.74, 6) is 1.01. The lowest BCUT2D eigenvalue weighted by Gasteiger charge is -2.22. The number of carbonyl (C=O) groups excluding carboxylic acids is 1. The zero-order valence-corrected chi connectivity index (χ0v) is 19.6. The van der Waals surface area contributed by atoms with Crippen LogP contribution in [-0.2, 0) is 21.2 Å². The van der Waals surface area contributed by atoms with E-state index in [1.165, 1.54) is 11.8 Å². The van der Waals surface area contributed by atoms with E-state index in [0.29, 0.717) is 11.3 Å². The van der Waals surface area contributed by atoms with Gasteiger partial charge in [-0.1, -0.05) is 42.5 Å². The molecule has 2 aromatic carbocycles. The van der Waals surface area contributed by atoms with Crippen molar-refractivity contribution in [3.05, 3.63) is 71.1 Å². The molecule has 1 amide bonds. The molecule has 1 aliphatic rings. The molecule has 0 atom stereocenters. The van der Waals surface area contributed by atoms with Gasteiger partial charge in [0.1, 0.15) is 0 Å². The van der Waals surface area contributed by atoms with Gasteiger partial charge < -0.3 is 4.90 Å². The molecule has 2 aromatic rings. The highest BCUT2D eigenvalue weighted by Crippen LogP contribution is 2.15. The predicted octanol–water partition coefficient (Wildman–Crippen LogP) is 3.92. The fraction of sp³-hybridized carbons (Fsp3) is 0.375. The molecule has 166 valence electrons. The molecule has 31 heavy (non-hydrogen) atoms. The van der Waals surface area contributed by atoms with Crippen LogP contribution in [0.3, 0.4) is 0 Å². The van der Waals surface area contributed by atoms with Gasteiger partial charge in [0.2, 0.25) is 5.91 Å².